The number of para-hydroxylation sites is 1. The first kappa shape index (κ1) is 13.0. The number of amides is 1. The van der Waals surface area contributed by atoms with E-state index in [0.717, 1.165) is 24.6 Å². The minimum atomic E-state index is -0.737. The molecule has 0 unspecified atom stereocenters. The number of nitrogens with one attached hydrogen (secondary N) is 1. The summed E-state index contributed by atoms with van der Waals surface area (Å²) in [6, 6.07) is 7.16. The summed E-state index contributed by atoms with van der Waals surface area (Å²) >= 11 is 0. The molecule has 5 nitrogen and oxygen atoms in total. The van der Waals surface area contributed by atoms with Gasteiger partial charge in [0.05, 0.1) is 12.7 Å². The number of hydrogen-bond acceptors (Lipinski definition) is 4. The lowest BCUT2D eigenvalue weighted by Crippen LogP contribution is -2.47. The van der Waals surface area contributed by atoms with Crippen LogP contribution in [0.4, 0.5) is 0 Å². The van der Waals surface area contributed by atoms with E-state index in [4.69, 9.17) is 9.15 Å². The van der Waals surface area contributed by atoms with Gasteiger partial charge in [0.15, 0.2) is 17.1 Å². The van der Waals surface area contributed by atoms with Crippen molar-refractivity contribution in [1.82, 2.24) is 5.32 Å². The molecule has 106 valence electrons. The van der Waals surface area contributed by atoms with Gasteiger partial charge in [-0.3, -0.25) is 4.79 Å². The van der Waals surface area contributed by atoms with E-state index in [1.807, 2.05) is 12.1 Å². The molecule has 1 fully saturated rings. The number of rotatable bonds is 4. The smallest absolute Gasteiger partial charge is 0.287 e. The molecule has 0 aliphatic heterocycles. The number of fused-ring (bicyclic) bond motifs is 1. The van der Waals surface area contributed by atoms with Gasteiger partial charge in [-0.05, 0) is 31.4 Å². The van der Waals surface area contributed by atoms with Crippen molar-refractivity contribution in [3.8, 4) is 5.75 Å². The van der Waals surface area contributed by atoms with Crippen molar-refractivity contribution in [1.29, 1.82) is 0 Å². The fourth-order valence-corrected chi connectivity index (χ4v) is 2.40. The molecule has 1 aromatic carbocycles. The molecule has 2 N–H and O–H groups in total. The summed E-state index contributed by atoms with van der Waals surface area (Å²) in [4.78, 5) is 12.0. The van der Waals surface area contributed by atoms with Crippen LogP contribution in [-0.4, -0.2) is 30.3 Å². The highest BCUT2D eigenvalue weighted by Gasteiger charge is 2.34. The van der Waals surface area contributed by atoms with E-state index in [2.05, 4.69) is 5.32 Å². The lowest BCUT2D eigenvalue weighted by atomic mass is 9.80. The van der Waals surface area contributed by atoms with Crippen LogP contribution in [0.25, 0.3) is 11.0 Å². The van der Waals surface area contributed by atoms with Crippen LogP contribution in [0.3, 0.4) is 0 Å². The van der Waals surface area contributed by atoms with E-state index in [0.29, 0.717) is 11.3 Å². The van der Waals surface area contributed by atoms with Crippen molar-refractivity contribution in [2.45, 2.75) is 24.9 Å². The average molecular weight is 275 g/mol. The lowest BCUT2D eigenvalue weighted by Gasteiger charge is -2.36. The zero-order valence-corrected chi connectivity index (χ0v) is 11.3. The van der Waals surface area contributed by atoms with Crippen molar-refractivity contribution in [2.75, 3.05) is 13.7 Å². The van der Waals surface area contributed by atoms with Gasteiger partial charge in [0.25, 0.3) is 5.91 Å². The second kappa shape index (κ2) is 4.83. The van der Waals surface area contributed by atoms with Crippen LogP contribution in [0.2, 0.25) is 0 Å². The fraction of sp³-hybridized carbons (Fsp3) is 0.400. The maximum atomic E-state index is 12.0. The van der Waals surface area contributed by atoms with Gasteiger partial charge in [-0.2, -0.15) is 0 Å². The van der Waals surface area contributed by atoms with E-state index in [9.17, 15) is 9.90 Å². The summed E-state index contributed by atoms with van der Waals surface area (Å²) < 4.78 is 10.7. The van der Waals surface area contributed by atoms with Gasteiger partial charge in [-0.25, -0.2) is 0 Å². The number of carbonyl (C=O) groups excluding carboxylic acids is 1. The highest BCUT2D eigenvalue weighted by molar-refractivity contribution is 5.97. The van der Waals surface area contributed by atoms with Gasteiger partial charge >= 0.3 is 0 Å². The Morgan fingerprint density at radius 2 is 2.30 bits per heavy atom. The second-order valence-electron chi connectivity index (χ2n) is 5.25. The third kappa shape index (κ3) is 2.25. The van der Waals surface area contributed by atoms with E-state index in [1.54, 1.807) is 19.2 Å². The van der Waals surface area contributed by atoms with Crippen molar-refractivity contribution in [3.63, 3.8) is 0 Å². The third-order valence-electron chi connectivity index (χ3n) is 3.81. The van der Waals surface area contributed by atoms with Gasteiger partial charge in [-0.15, -0.1) is 0 Å². The predicted octanol–water partition coefficient (Wildman–Crippen LogP) is 2.09. The van der Waals surface area contributed by atoms with Crippen LogP contribution in [0.1, 0.15) is 29.8 Å². The summed E-state index contributed by atoms with van der Waals surface area (Å²) in [7, 11) is 1.56. The van der Waals surface area contributed by atoms with Gasteiger partial charge < -0.3 is 19.6 Å². The SMILES string of the molecule is COc1cccc2cc(C(=O)NCC3(O)CCC3)oc12. The van der Waals surface area contributed by atoms with Crippen LogP contribution >= 0.6 is 0 Å². The molecule has 0 atom stereocenters. The molecule has 1 aromatic heterocycles. The Balaban J connectivity index is 1.77. The van der Waals surface area contributed by atoms with Gasteiger partial charge in [-0.1, -0.05) is 12.1 Å². The number of aliphatic hydroxyl groups is 1. The van der Waals surface area contributed by atoms with E-state index in [-0.39, 0.29) is 18.2 Å². The van der Waals surface area contributed by atoms with Crippen molar-refractivity contribution < 1.29 is 19.1 Å². The molecular formula is C15H17NO4. The Morgan fingerprint density at radius 1 is 1.50 bits per heavy atom. The molecular weight excluding hydrogens is 258 g/mol. The van der Waals surface area contributed by atoms with Crippen LogP contribution in [0.15, 0.2) is 28.7 Å². The number of ether oxygens (including phenoxy) is 1. The summed E-state index contributed by atoms with van der Waals surface area (Å²) in [6.45, 7) is 0.264. The summed E-state index contributed by atoms with van der Waals surface area (Å²) in [5.74, 6) is 0.509. The minimum absolute atomic E-state index is 0.229. The fourth-order valence-electron chi connectivity index (χ4n) is 2.40. The van der Waals surface area contributed by atoms with Crippen LogP contribution in [0, 0.1) is 0 Å². The largest absolute Gasteiger partial charge is 0.493 e. The number of hydrogen-bond donors (Lipinski definition) is 2. The Labute approximate surface area is 116 Å². The first-order chi connectivity index (χ1) is 9.61. The second-order valence-corrected chi connectivity index (χ2v) is 5.25. The summed E-state index contributed by atoms with van der Waals surface area (Å²) in [5, 5.41) is 13.5. The van der Waals surface area contributed by atoms with E-state index < -0.39 is 5.60 Å². The van der Waals surface area contributed by atoms with Gasteiger partial charge in [0.1, 0.15) is 0 Å². The third-order valence-corrected chi connectivity index (χ3v) is 3.81. The normalized spacial score (nSPS) is 16.7. The highest BCUT2D eigenvalue weighted by atomic mass is 16.5. The Bertz CT molecular complexity index is 642. The minimum Gasteiger partial charge on any atom is -0.493 e. The first-order valence-corrected chi connectivity index (χ1v) is 6.68. The molecule has 20 heavy (non-hydrogen) atoms. The number of furan rings is 1. The molecule has 0 saturated heterocycles. The molecule has 3 rings (SSSR count). The predicted molar refractivity (Wildman–Crippen MR) is 73.9 cm³/mol. The Morgan fingerprint density at radius 3 is 2.95 bits per heavy atom. The molecule has 5 heteroatoms. The maximum absolute atomic E-state index is 12.0. The summed E-state index contributed by atoms with van der Waals surface area (Å²) in [6.07, 6.45) is 2.48. The molecule has 1 amide bonds. The molecule has 1 aliphatic rings. The average Bonchev–Trinajstić information content (AvgIpc) is 2.86. The number of benzene rings is 1. The Hall–Kier alpha value is -2.01. The van der Waals surface area contributed by atoms with E-state index in [1.165, 1.54) is 0 Å². The van der Waals surface area contributed by atoms with Crippen LogP contribution < -0.4 is 10.1 Å². The quantitative estimate of drug-likeness (QED) is 0.896. The van der Waals surface area contributed by atoms with Crippen LogP contribution in [-0.2, 0) is 0 Å². The van der Waals surface area contributed by atoms with Crippen LogP contribution in [0.5, 0.6) is 5.75 Å². The molecule has 1 saturated carbocycles. The maximum Gasteiger partial charge on any atom is 0.287 e. The monoisotopic (exact) mass is 275 g/mol. The molecule has 1 heterocycles. The highest BCUT2D eigenvalue weighted by Crippen LogP contribution is 2.31. The molecule has 0 spiro atoms. The van der Waals surface area contributed by atoms with Gasteiger partial charge in [0.2, 0.25) is 0 Å². The standard InChI is InChI=1S/C15H17NO4/c1-19-11-5-2-4-10-8-12(20-13(10)11)14(17)16-9-15(18)6-3-7-15/h2,4-5,8,18H,3,6-7,9H2,1H3,(H,16,17). The Kier molecular flexibility index (Phi) is 3.14. The van der Waals surface area contributed by atoms with Crippen molar-refractivity contribution in [3.05, 3.63) is 30.0 Å². The van der Waals surface area contributed by atoms with E-state index >= 15 is 0 Å². The first-order valence-electron chi connectivity index (χ1n) is 6.68. The molecule has 1 aliphatic carbocycles. The molecule has 2 aromatic rings. The lowest BCUT2D eigenvalue weighted by molar-refractivity contribution is -0.0301. The molecule has 0 radical (unpaired) electrons. The van der Waals surface area contributed by atoms with Gasteiger partial charge in [0, 0.05) is 11.9 Å². The topological polar surface area (TPSA) is 71.7 Å². The van der Waals surface area contributed by atoms with Crippen molar-refractivity contribution in [2.24, 2.45) is 0 Å². The zero-order chi connectivity index (χ0) is 14.2. The summed E-state index contributed by atoms with van der Waals surface area (Å²) in [5.41, 5.74) is -0.179. The number of carbonyl (C=O) groups is 1. The number of methoxy groups -OCH3 is 1. The molecule has 0 bridgehead atoms. The zero-order valence-electron chi connectivity index (χ0n) is 11.3. The van der Waals surface area contributed by atoms with Crippen molar-refractivity contribution >= 4 is 16.9 Å².